The summed E-state index contributed by atoms with van der Waals surface area (Å²) in [5.74, 6) is 0.460. The van der Waals surface area contributed by atoms with E-state index in [4.69, 9.17) is 0 Å². The maximum atomic E-state index is 11.5. The number of H-pyrrole nitrogens is 1. The van der Waals surface area contributed by atoms with Crippen molar-refractivity contribution in [2.24, 2.45) is 0 Å². The quantitative estimate of drug-likeness (QED) is 0.762. The average molecular weight is 317 g/mol. The van der Waals surface area contributed by atoms with Crippen molar-refractivity contribution < 1.29 is 0 Å². The van der Waals surface area contributed by atoms with E-state index in [1.165, 1.54) is 6.33 Å². The molecule has 3 rings (SSSR count). The van der Waals surface area contributed by atoms with Crippen LogP contribution in [0.5, 0.6) is 0 Å². The topological polar surface area (TPSA) is 70.7 Å². The Morgan fingerprint density at radius 2 is 2.00 bits per heavy atom. The molecule has 0 amide bonds. The van der Waals surface area contributed by atoms with E-state index in [0.717, 1.165) is 16.6 Å². The second-order valence-electron chi connectivity index (χ2n) is 3.90. The minimum Gasteiger partial charge on any atom is -0.337 e. The van der Waals surface area contributed by atoms with Crippen LogP contribution in [-0.2, 0) is 0 Å². The Bertz CT molecular complexity index is 795. The van der Waals surface area contributed by atoms with E-state index in [9.17, 15) is 4.79 Å². The van der Waals surface area contributed by atoms with Gasteiger partial charge in [-0.3, -0.25) is 9.78 Å². The largest absolute Gasteiger partial charge is 0.337 e. The second-order valence-corrected chi connectivity index (χ2v) is 4.69. The third kappa shape index (κ3) is 2.22. The Morgan fingerprint density at radius 1 is 1.16 bits per heavy atom. The van der Waals surface area contributed by atoms with Crippen molar-refractivity contribution in [3.05, 3.63) is 57.7 Å². The predicted molar refractivity (Wildman–Crippen MR) is 77.6 cm³/mol. The Kier molecular flexibility index (Phi) is 3.00. The minimum absolute atomic E-state index is 0.231. The van der Waals surface area contributed by atoms with Crippen molar-refractivity contribution in [3.63, 3.8) is 0 Å². The molecular weight excluding hydrogens is 308 g/mol. The molecule has 0 saturated carbocycles. The Morgan fingerprint density at radius 3 is 2.89 bits per heavy atom. The van der Waals surface area contributed by atoms with Crippen molar-refractivity contribution >= 4 is 38.3 Å². The third-order valence-electron chi connectivity index (χ3n) is 2.68. The van der Waals surface area contributed by atoms with E-state index < -0.39 is 0 Å². The van der Waals surface area contributed by atoms with Crippen molar-refractivity contribution in [2.45, 2.75) is 0 Å². The molecule has 0 aliphatic carbocycles. The molecule has 0 aliphatic rings. The molecule has 3 aromatic rings. The number of hydrogen-bond acceptors (Lipinski definition) is 4. The average Bonchev–Trinajstić information content (AvgIpc) is 2.44. The van der Waals surface area contributed by atoms with Gasteiger partial charge in [0, 0.05) is 11.6 Å². The zero-order valence-corrected chi connectivity index (χ0v) is 11.3. The molecule has 0 bridgehead atoms. The maximum absolute atomic E-state index is 11.5. The van der Waals surface area contributed by atoms with Gasteiger partial charge in [-0.15, -0.1) is 0 Å². The van der Waals surface area contributed by atoms with Crippen molar-refractivity contribution in [3.8, 4) is 0 Å². The molecule has 94 valence electrons. The fourth-order valence-electron chi connectivity index (χ4n) is 1.80. The molecule has 19 heavy (non-hydrogen) atoms. The Labute approximate surface area is 116 Å². The van der Waals surface area contributed by atoms with Crippen LogP contribution in [0, 0.1) is 0 Å². The summed E-state index contributed by atoms with van der Waals surface area (Å²) in [7, 11) is 0. The highest BCUT2D eigenvalue weighted by Gasteiger charge is 2.07. The van der Waals surface area contributed by atoms with Crippen LogP contribution in [-0.4, -0.2) is 15.0 Å². The SMILES string of the molecule is O=c1[nH]cnc(Nc2cccc3cccnc23)c1Br. The number of aromatic amines is 1. The minimum atomic E-state index is -0.231. The van der Waals surface area contributed by atoms with Crippen LogP contribution in [0.3, 0.4) is 0 Å². The highest BCUT2D eigenvalue weighted by Crippen LogP contribution is 2.25. The first-order chi connectivity index (χ1) is 9.25. The number of hydrogen-bond donors (Lipinski definition) is 2. The molecule has 2 aromatic heterocycles. The molecule has 0 atom stereocenters. The van der Waals surface area contributed by atoms with Crippen molar-refractivity contribution in [1.82, 2.24) is 15.0 Å². The van der Waals surface area contributed by atoms with E-state index >= 15 is 0 Å². The fraction of sp³-hybridized carbons (Fsp3) is 0. The highest BCUT2D eigenvalue weighted by molar-refractivity contribution is 9.10. The summed E-state index contributed by atoms with van der Waals surface area (Å²) < 4.78 is 0.364. The molecule has 6 heteroatoms. The maximum Gasteiger partial charge on any atom is 0.267 e. The lowest BCUT2D eigenvalue weighted by molar-refractivity contribution is 1.10. The lowest BCUT2D eigenvalue weighted by Gasteiger charge is -2.08. The molecule has 0 radical (unpaired) electrons. The number of anilines is 2. The number of fused-ring (bicyclic) bond motifs is 1. The fourth-order valence-corrected chi connectivity index (χ4v) is 2.12. The van der Waals surface area contributed by atoms with Crippen LogP contribution in [0.2, 0.25) is 0 Å². The summed E-state index contributed by atoms with van der Waals surface area (Å²) in [6.45, 7) is 0. The van der Waals surface area contributed by atoms with Crippen molar-refractivity contribution in [1.29, 1.82) is 0 Å². The number of para-hydroxylation sites is 1. The van der Waals surface area contributed by atoms with E-state index in [1.54, 1.807) is 6.20 Å². The van der Waals surface area contributed by atoms with Crippen LogP contribution in [0.15, 0.2) is 52.1 Å². The highest BCUT2D eigenvalue weighted by atomic mass is 79.9. The summed E-state index contributed by atoms with van der Waals surface area (Å²) in [6.07, 6.45) is 3.09. The Balaban J connectivity index is 2.11. The van der Waals surface area contributed by atoms with Crippen LogP contribution < -0.4 is 10.9 Å². The molecule has 0 saturated heterocycles. The van der Waals surface area contributed by atoms with Crippen LogP contribution in [0.4, 0.5) is 11.5 Å². The number of nitrogens with one attached hydrogen (secondary N) is 2. The molecule has 1 aromatic carbocycles. The van der Waals surface area contributed by atoms with Gasteiger partial charge in [-0.2, -0.15) is 0 Å². The molecule has 0 fully saturated rings. The van der Waals surface area contributed by atoms with Gasteiger partial charge in [-0.05, 0) is 28.1 Å². The monoisotopic (exact) mass is 316 g/mol. The van der Waals surface area contributed by atoms with Gasteiger partial charge in [0.15, 0.2) is 5.82 Å². The second kappa shape index (κ2) is 4.81. The number of pyridine rings is 1. The van der Waals surface area contributed by atoms with Crippen LogP contribution in [0.25, 0.3) is 10.9 Å². The third-order valence-corrected chi connectivity index (χ3v) is 3.42. The summed E-state index contributed by atoms with van der Waals surface area (Å²) in [6, 6.07) is 9.66. The van der Waals surface area contributed by atoms with Gasteiger partial charge in [0.1, 0.15) is 4.47 Å². The first kappa shape index (κ1) is 11.9. The van der Waals surface area contributed by atoms with Crippen molar-refractivity contribution in [2.75, 3.05) is 5.32 Å². The van der Waals surface area contributed by atoms with E-state index in [2.05, 4.69) is 36.2 Å². The lowest BCUT2D eigenvalue weighted by atomic mass is 10.2. The molecular formula is C13H9BrN4O. The smallest absolute Gasteiger partial charge is 0.267 e. The van der Waals surface area contributed by atoms with Gasteiger partial charge in [-0.25, -0.2) is 4.98 Å². The van der Waals surface area contributed by atoms with Gasteiger partial charge in [0.05, 0.1) is 17.5 Å². The van der Waals surface area contributed by atoms with Gasteiger partial charge >= 0.3 is 0 Å². The number of nitrogens with zero attached hydrogens (tertiary/aromatic N) is 2. The van der Waals surface area contributed by atoms with Gasteiger partial charge in [-0.1, -0.05) is 18.2 Å². The van der Waals surface area contributed by atoms with E-state index in [1.807, 2.05) is 30.3 Å². The molecule has 2 heterocycles. The van der Waals surface area contributed by atoms with Gasteiger partial charge < -0.3 is 10.3 Å². The van der Waals surface area contributed by atoms with Crippen LogP contribution in [0.1, 0.15) is 0 Å². The zero-order valence-electron chi connectivity index (χ0n) is 9.72. The molecule has 0 spiro atoms. The first-order valence-corrected chi connectivity index (χ1v) is 6.39. The summed E-state index contributed by atoms with van der Waals surface area (Å²) in [5, 5.41) is 4.14. The number of halogens is 1. The van der Waals surface area contributed by atoms with Crippen LogP contribution >= 0.6 is 15.9 Å². The first-order valence-electron chi connectivity index (χ1n) is 5.59. The zero-order chi connectivity index (χ0) is 13.2. The molecule has 5 nitrogen and oxygen atoms in total. The lowest BCUT2D eigenvalue weighted by Crippen LogP contribution is -2.10. The Hall–Kier alpha value is -2.21. The van der Waals surface area contributed by atoms with Gasteiger partial charge in [0.2, 0.25) is 0 Å². The standard InChI is InChI=1S/C13H9BrN4O/c14-10-12(16-7-17-13(10)19)18-9-5-1-3-8-4-2-6-15-11(8)9/h1-7H,(H2,16,17,18,19). The number of benzene rings is 1. The number of rotatable bonds is 2. The summed E-state index contributed by atoms with van der Waals surface area (Å²) >= 11 is 3.21. The summed E-state index contributed by atoms with van der Waals surface area (Å²) in [5.41, 5.74) is 1.40. The normalized spacial score (nSPS) is 10.6. The molecule has 0 aliphatic heterocycles. The number of aromatic nitrogens is 3. The van der Waals surface area contributed by atoms with E-state index in [-0.39, 0.29) is 5.56 Å². The van der Waals surface area contributed by atoms with E-state index in [0.29, 0.717) is 10.3 Å². The molecule has 2 N–H and O–H groups in total. The summed E-state index contributed by atoms with van der Waals surface area (Å²) in [4.78, 5) is 22.4. The van der Waals surface area contributed by atoms with Gasteiger partial charge in [0.25, 0.3) is 5.56 Å². The molecule has 0 unspecified atom stereocenters. The predicted octanol–water partition coefficient (Wildman–Crippen LogP) is 2.82.